The van der Waals surface area contributed by atoms with E-state index in [0.29, 0.717) is 77.3 Å². The molecule has 1 unspecified atom stereocenters. The summed E-state index contributed by atoms with van der Waals surface area (Å²) in [5.41, 5.74) is 7.11. The molecule has 3 amide bonds. The van der Waals surface area contributed by atoms with Crippen LogP contribution in [0.2, 0.25) is 0 Å². The van der Waals surface area contributed by atoms with Crippen molar-refractivity contribution in [3.63, 3.8) is 0 Å². The average Bonchev–Trinajstić information content (AvgIpc) is 3.23. The summed E-state index contributed by atoms with van der Waals surface area (Å²) in [5, 5.41) is 12.2. The zero-order valence-electron chi connectivity index (χ0n) is 26.0. The van der Waals surface area contributed by atoms with Crippen LogP contribution >= 0.6 is 0 Å². The summed E-state index contributed by atoms with van der Waals surface area (Å²) in [7, 11) is 0. The highest BCUT2D eigenvalue weighted by Gasteiger charge is 2.34. The number of nitrogens with one attached hydrogen (secondary N) is 1. The zero-order valence-corrected chi connectivity index (χ0v) is 26.0. The smallest absolute Gasteiger partial charge is 0.317 e. The Morgan fingerprint density at radius 1 is 0.976 bits per heavy atom. The molecule has 4 N–H and O–H groups in total. The number of imide groups is 1. The van der Waals surface area contributed by atoms with Crippen molar-refractivity contribution in [1.82, 2.24) is 24.9 Å². The van der Waals surface area contributed by atoms with Gasteiger partial charge in [0.1, 0.15) is 11.8 Å². The maximum absolute atomic E-state index is 12.8. The van der Waals surface area contributed by atoms with E-state index < -0.39 is 17.9 Å². The summed E-state index contributed by atoms with van der Waals surface area (Å²) in [4.78, 5) is 67.9. The lowest BCUT2D eigenvalue weighted by atomic mass is 10.0. The second-order valence-corrected chi connectivity index (χ2v) is 11.4. The highest BCUT2D eigenvalue weighted by Crippen LogP contribution is 2.22. The molecule has 0 spiro atoms. The summed E-state index contributed by atoms with van der Waals surface area (Å²) in [6.45, 7) is 19.7. The van der Waals surface area contributed by atoms with Crippen LogP contribution < -0.4 is 11.1 Å². The lowest BCUT2D eigenvalue weighted by Crippen LogP contribution is -2.48. The van der Waals surface area contributed by atoms with Crippen LogP contribution in [0.5, 0.6) is 0 Å². The first-order valence-electron chi connectivity index (χ1n) is 14.8. The van der Waals surface area contributed by atoms with Gasteiger partial charge in [-0.3, -0.25) is 43.6 Å². The van der Waals surface area contributed by atoms with E-state index in [1.165, 1.54) is 6.92 Å². The van der Waals surface area contributed by atoms with Gasteiger partial charge >= 0.3 is 5.97 Å². The molecule has 1 rings (SSSR count). The van der Waals surface area contributed by atoms with Crippen molar-refractivity contribution in [3.8, 4) is 0 Å². The zero-order chi connectivity index (χ0) is 31.8. The fraction of sp³-hybridized carbons (Fsp3) is 0.700. The van der Waals surface area contributed by atoms with Crippen LogP contribution in [0, 0.1) is 5.92 Å². The van der Waals surface area contributed by atoms with Crippen LogP contribution in [-0.4, -0.2) is 126 Å². The second-order valence-electron chi connectivity index (χ2n) is 11.4. The summed E-state index contributed by atoms with van der Waals surface area (Å²) < 4.78 is 0. The van der Waals surface area contributed by atoms with Crippen molar-refractivity contribution in [1.29, 1.82) is 0 Å². The molecular weight excluding hydrogens is 540 g/mol. The van der Waals surface area contributed by atoms with Crippen molar-refractivity contribution >= 4 is 29.5 Å². The molecule has 12 nitrogen and oxygen atoms in total. The number of nitrogens with two attached hydrogens (primary N) is 1. The van der Waals surface area contributed by atoms with Gasteiger partial charge in [0.2, 0.25) is 11.8 Å². The van der Waals surface area contributed by atoms with E-state index in [-0.39, 0.29) is 49.4 Å². The molecule has 1 aliphatic heterocycles. The van der Waals surface area contributed by atoms with Gasteiger partial charge in [0.25, 0.3) is 5.91 Å². The molecule has 0 aromatic heterocycles. The van der Waals surface area contributed by atoms with Crippen LogP contribution in [0.15, 0.2) is 24.4 Å². The molecular formula is C30H52N6O6. The molecule has 0 radical (unpaired) electrons. The van der Waals surface area contributed by atoms with Gasteiger partial charge < -0.3 is 16.2 Å². The topological polar surface area (TPSA) is 157 Å². The first-order chi connectivity index (χ1) is 19.8. The lowest BCUT2D eigenvalue weighted by molar-refractivity contribution is -0.143. The van der Waals surface area contributed by atoms with E-state index in [0.717, 1.165) is 10.5 Å². The maximum Gasteiger partial charge on any atom is 0.317 e. The quantitative estimate of drug-likeness (QED) is 0.155. The molecule has 0 aromatic carbocycles. The number of carbonyl (C=O) groups excluding carboxylic acids is 4. The van der Waals surface area contributed by atoms with E-state index in [1.54, 1.807) is 6.92 Å². The van der Waals surface area contributed by atoms with E-state index in [1.807, 2.05) is 23.6 Å². The summed E-state index contributed by atoms with van der Waals surface area (Å²) in [5.74, 6) is -1.81. The Kier molecular flexibility index (Phi) is 17.0. The molecule has 1 fully saturated rings. The minimum absolute atomic E-state index is 0.0279. The van der Waals surface area contributed by atoms with E-state index in [9.17, 15) is 29.1 Å². The first-order valence-corrected chi connectivity index (χ1v) is 14.8. The number of Topliss-reactive ketones (excluding diaryl/α,β-unsaturated/α-hetero) is 1. The molecule has 1 aliphatic rings. The van der Waals surface area contributed by atoms with Crippen LogP contribution in [0.3, 0.4) is 0 Å². The molecule has 42 heavy (non-hydrogen) atoms. The average molecular weight is 593 g/mol. The number of allylic oxidation sites excluding steroid dienone is 1. The Morgan fingerprint density at radius 3 is 2.00 bits per heavy atom. The second kappa shape index (κ2) is 19.3. The Bertz CT molecular complexity index is 954. The molecule has 0 bridgehead atoms. The number of carbonyl (C=O) groups is 5. The largest absolute Gasteiger partial charge is 0.480 e. The van der Waals surface area contributed by atoms with Gasteiger partial charge in [0, 0.05) is 64.4 Å². The van der Waals surface area contributed by atoms with Crippen LogP contribution in [0.4, 0.5) is 0 Å². The highest BCUT2D eigenvalue weighted by molar-refractivity contribution is 6.02. The number of ketones is 1. The Balaban J connectivity index is 2.67. The number of rotatable bonds is 22. The molecule has 12 heteroatoms. The maximum atomic E-state index is 12.8. The lowest BCUT2D eigenvalue weighted by Gasteiger charge is -2.29. The number of likely N-dealkylation sites (tertiary alicyclic amines) is 1. The molecule has 1 heterocycles. The fourth-order valence-electron chi connectivity index (χ4n) is 4.94. The van der Waals surface area contributed by atoms with Crippen LogP contribution in [0.1, 0.15) is 59.8 Å². The molecule has 2 atom stereocenters. The minimum atomic E-state index is -0.916. The molecule has 0 aliphatic carbocycles. The predicted molar refractivity (Wildman–Crippen MR) is 162 cm³/mol. The fourth-order valence-corrected chi connectivity index (χ4v) is 4.94. The Labute approximate surface area is 250 Å². The number of aliphatic carboxylic acids is 1. The third-order valence-electron chi connectivity index (χ3n) is 7.14. The Morgan fingerprint density at radius 2 is 1.55 bits per heavy atom. The normalized spacial score (nSPS) is 15.0. The molecule has 0 aromatic rings. The highest BCUT2D eigenvalue weighted by atomic mass is 16.4. The summed E-state index contributed by atoms with van der Waals surface area (Å²) in [6.07, 6.45) is 2.03. The third kappa shape index (κ3) is 14.3. The SMILES string of the molecule is C=C(C)CN(CC[C@H](C)CC(=O)NC(CC)C(=O)N1C(=C)CCC1=O)CCN(CCN(CCN)CC(C)=O)CC(=O)O. The number of carboxylic acid groups (broad SMARTS) is 1. The first kappa shape index (κ1) is 37.1. The summed E-state index contributed by atoms with van der Waals surface area (Å²) in [6, 6.07) is -0.778. The van der Waals surface area contributed by atoms with Gasteiger partial charge in [0.15, 0.2) is 0 Å². The number of nitrogens with zero attached hydrogens (tertiary/aromatic N) is 4. The van der Waals surface area contributed by atoms with Crippen molar-refractivity contribution < 1.29 is 29.1 Å². The number of amides is 3. The third-order valence-corrected chi connectivity index (χ3v) is 7.14. The predicted octanol–water partition coefficient (Wildman–Crippen LogP) is 1.07. The van der Waals surface area contributed by atoms with Gasteiger partial charge in [-0.1, -0.05) is 32.6 Å². The molecule has 238 valence electrons. The number of hydrogen-bond donors (Lipinski definition) is 3. The van der Waals surface area contributed by atoms with Gasteiger partial charge in [-0.2, -0.15) is 0 Å². The minimum Gasteiger partial charge on any atom is -0.480 e. The Hall–Kier alpha value is -2.93. The van der Waals surface area contributed by atoms with Crippen molar-refractivity contribution in [2.24, 2.45) is 11.7 Å². The van der Waals surface area contributed by atoms with Crippen LogP contribution in [0.25, 0.3) is 0 Å². The van der Waals surface area contributed by atoms with Gasteiger partial charge in [-0.25, -0.2) is 0 Å². The number of hydrogen-bond acceptors (Lipinski definition) is 9. The van der Waals surface area contributed by atoms with Crippen molar-refractivity contribution in [2.45, 2.75) is 65.8 Å². The van der Waals surface area contributed by atoms with Gasteiger partial charge in [-0.05, 0) is 45.6 Å². The van der Waals surface area contributed by atoms with Crippen molar-refractivity contribution in [3.05, 3.63) is 24.4 Å². The number of carboxylic acids is 1. The van der Waals surface area contributed by atoms with Gasteiger partial charge in [0.05, 0.1) is 13.1 Å². The van der Waals surface area contributed by atoms with Crippen molar-refractivity contribution in [2.75, 3.05) is 65.4 Å². The van der Waals surface area contributed by atoms with Crippen LogP contribution in [-0.2, 0) is 24.0 Å². The van der Waals surface area contributed by atoms with Gasteiger partial charge in [-0.15, -0.1) is 0 Å². The van der Waals surface area contributed by atoms with E-state index >= 15 is 0 Å². The van der Waals surface area contributed by atoms with E-state index in [2.05, 4.69) is 23.4 Å². The molecule has 1 saturated heterocycles. The standard InChI is InChI=1S/C30H52N6O6/c1-7-26(30(42)36-24(5)8-9-28(36)39)32-27(38)18-23(4)10-12-33(19-22(2)3)14-16-35(21-29(40)41)17-15-34(13-11-31)20-25(6)37/h23,26H,2,5,7-21,31H2,1,3-4,6H3,(H,32,38)(H,40,41)/t23-,26?/m0/s1. The monoisotopic (exact) mass is 592 g/mol. The van der Waals surface area contributed by atoms with E-state index in [4.69, 9.17) is 5.73 Å². The molecule has 0 saturated carbocycles. The summed E-state index contributed by atoms with van der Waals surface area (Å²) >= 11 is 0.